The van der Waals surface area contributed by atoms with Crippen LogP contribution in [0.15, 0.2) is 44.1 Å². The minimum atomic E-state index is 0.663. The van der Waals surface area contributed by atoms with Crippen LogP contribution in [0.4, 0.5) is 0 Å². The first-order valence-electron chi connectivity index (χ1n) is 6.97. The minimum absolute atomic E-state index is 0.663. The van der Waals surface area contributed by atoms with Crippen molar-refractivity contribution in [1.82, 2.24) is 0 Å². The van der Waals surface area contributed by atoms with Crippen molar-refractivity contribution in [3.63, 3.8) is 0 Å². The van der Waals surface area contributed by atoms with Crippen LogP contribution in [0, 0.1) is 5.92 Å². The van der Waals surface area contributed by atoms with Crippen LogP contribution >= 0.6 is 11.6 Å². The first-order chi connectivity index (χ1) is 8.95. The maximum absolute atomic E-state index is 5.82. The molecule has 2 rings (SSSR count). The molecule has 0 saturated heterocycles. The van der Waals surface area contributed by atoms with Gasteiger partial charge in [-0.2, -0.15) is 0 Å². The van der Waals surface area contributed by atoms with E-state index in [1.165, 1.54) is 20.9 Å². The standard InChI is InChI=1S/C9H13.C8H11Cl.Ru/c1-6-5-7(2)9(4)8(6)3;9-8-6-4-2-1-3-5-7-8;/h6H,1-4H3;1-2,7H,3-6H2;/b;2-1-,8-7+;. The Morgan fingerprint density at radius 1 is 1.05 bits per heavy atom. The molecule has 0 aromatic carbocycles. The quantitative estimate of drug-likeness (QED) is 0.363. The summed E-state index contributed by atoms with van der Waals surface area (Å²) in [5.41, 5.74) is 4.49. The van der Waals surface area contributed by atoms with Crippen molar-refractivity contribution in [2.24, 2.45) is 5.92 Å². The van der Waals surface area contributed by atoms with E-state index in [0.717, 1.165) is 30.7 Å². The van der Waals surface area contributed by atoms with Crippen molar-refractivity contribution in [2.75, 3.05) is 0 Å². The van der Waals surface area contributed by atoms with E-state index >= 15 is 0 Å². The van der Waals surface area contributed by atoms with E-state index in [1.54, 1.807) is 0 Å². The van der Waals surface area contributed by atoms with Gasteiger partial charge in [-0.05, 0) is 25.7 Å². The predicted octanol–water partition coefficient (Wildman–Crippen LogP) is 6.03. The fraction of sp³-hybridized carbons (Fsp3) is 0.529. The molecule has 0 N–H and O–H groups in total. The van der Waals surface area contributed by atoms with Crippen LogP contribution in [0.3, 0.4) is 0 Å². The second kappa shape index (κ2) is 8.23. The van der Waals surface area contributed by atoms with Gasteiger partial charge in [0.2, 0.25) is 0 Å². The third-order valence-corrected chi connectivity index (χ3v) is 5.69. The Kier molecular flexibility index (Phi) is 7.33. The van der Waals surface area contributed by atoms with Crippen molar-refractivity contribution in [3.05, 3.63) is 44.1 Å². The number of hydrogen-bond acceptors (Lipinski definition) is 0. The monoisotopic (exact) mass is 365 g/mol. The van der Waals surface area contributed by atoms with Crippen LogP contribution in [0.2, 0.25) is 0 Å². The van der Waals surface area contributed by atoms with Crippen molar-refractivity contribution in [3.8, 4) is 0 Å². The minimum Gasteiger partial charge on any atom is -0.0895 e. The van der Waals surface area contributed by atoms with E-state index in [9.17, 15) is 0 Å². The van der Waals surface area contributed by atoms with Gasteiger partial charge in [-0.3, -0.25) is 0 Å². The summed E-state index contributed by atoms with van der Waals surface area (Å²) >= 11 is 8.56. The molecule has 0 saturated carbocycles. The molecule has 0 spiro atoms. The van der Waals surface area contributed by atoms with Crippen LogP contribution in [0.5, 0.6) is 0 Å². The Bertz CT molecular complexity index is 414. The van der Waals surface area contributed by atoms with Gasteiger partial charge in [0.1, 0.15) is 0 Å². The van der Waals surface area contributed by atoms with E-state index in [4.69, 9.17) is 11.6 Å². The van der Waals surface area contributed by atoms with E-state index in [0.29, 0.717) is 5.92 Å². The molecule has 1 unspecified atom stereocenters. The molecule has 0 amide bonds. The second-order valence-corrected chi connectivity index (χ2v) is 6.65. The van der Waals surface area contributed by atoms with Crippen molar-refractivity contribution < 1.29 is 18.3 Å². The third kappa shape index (κ3) is 5.05. The summed E-state index contributed by atoms with van der Waals surface area (Å²) in [6.07, 6.45) is 10.9. The number of allylic oxidation sites excluding steroid dienone is 8. The van der Waals surface area contributed by atoms with Gasteiger partial charge in [0.15, 0.2) is 0 Å². The van der Waals surface area contributed by atoms with Gasteiger partial charge in [-0.25, -0.2) is 0 Å². The molecular formula is C17H24ClRu. The van der Waals surface area contributed by atoms with Gasteiger partial charge in [0, 0.05) is 5.03 Å². The summed E-state index contributed by atoms with van der Waals surface area (Å²) in [5, 5.41) is 1.03. The fourth-order valence-corrected chi connectivity index (χ4v) is 3.12. The van der Waals surface area contributed by atoms with Crippen LogP contribution in [0.25, 0.3) is 0 Å². The number of hydrogen-bond donors (Lipinski definition) is 0. The van der Waals surface area contributed by atoms with Crippen LogP contribution in [-0.4, -0.2) is 0 Å². The van der Waals surface area contributed by atoms with Gasteiger partial charge in [0.25, 0.3) is 0 Å². The Hall–Kier alpha value is -0.127. The molecule has 2 aliphatic carbocycles. The molecular weight excluding hydrogens is 341 g/mol. The Morgan fingerprint density at radius 2 is 1.68 bits per heavy atom. The Morgan fingerprint density at radius 3 is 2.16 bits per heavy atom. The first-order valence-corrected chi connectivity index (χ1v) is 8.22. The van der Waals surface area contributed by atoms with Gasteiger partial charge in [-0.1, -0.05) is 29.8 Å². The molecule has 0 aliphatic heterocycles. The summed E-state index contributed by atoms with van der Waals surface area (Å²) in [7, 11) is 0. The molecule has 19 heavy (non-hydrogen) atoms. The van der Waals surface area contributed by atoms with E-state index < -0.39 is 0 Å². The summed E-state index contributed by atoms with van der Waals surface area (Å²) < 4.78 is 1.48. The molecule has 0 heterocycles. The average molecular weight is 365 g/mol. The molecule has 0 fully saturated rings. The topological polar surface area (TPSA) is 0 Å². The number of halogens is 1. The van der Waals surface area contributed by atoms with Gasteiger partial charge < -0.3 is 0 Å². The largest absolute Gasteiger partial charge is 0.0895 e. The number of rotatable bonds is 0. The molecule has 2 heteroatoms. The van der Waals surface area contributed by atoms with E-state index in [1.807, 2.05) is 0 Å². The molecule has 0 aromatic heterocycles. The van der Waals surface area contributed by atoms with E-state index in [2.05, 4.69) is 64.2 Å². The summed E-state index contributed by atoms with van der Waals surface area (Å²) in [5.74, 6) is 0.663. The van der Waals surface area contributed by atoms with Crippen LogP contribution < -0.4 is 0 Å². The van der Waals surface area contributed by atoms with Crippen molar-refractivity contribution in [2.45, 2.75) is 53.4 Å². The predicted molar refractivity (Wildman–Crippen MR) is 81.8 cm³/mol. The fourth-order valence-electron chi connectivity index (χ4n) is 2.20. The molecule has 0 bridgehead atoms. The zero-order valence-electron chi connectivity index (χ0n) is 12.4. The first kappa shape index (κ1) is 16.9. The molecule has 0 radical (unpaired) electrons. The Labute approximate surface area is 133 Å². The maximum Gasteiger partial charge on any atom is 0.0144 e. The molecule has 1 atom stereocenters. The maximum atomic E-state index is 5.82. The second-order valence-electron chi connectivity index (χ2n) is 5.23. The molecule has 0 nitrogen and oxygen atoms in total. The van der Waals surface area contributed by atoms with Crippen LogP contribution in [0.1, 0.15) is 53.4 Å². The van der Waals surface area contributed by atoms with E-state index in [-0.39, 0.29) is 0 Å². The molecule has 0 aromatic rings. The molecule has 2 aliphatic rings. The van der Waals surface area contributed by atoms with Crippen LogP contribution in [-0.2, 0) is 18.3 Å². The van der Waals surface area contributed by atoms with Crippen molar-refractivity contribution in [1.29, 1.82) is 0 Å². The van der Waals surface area contributed by atoms with Gasteiger partial charge in [-0.15, -0.1) is 0 Å². The third-order valence-electron chi connectivity index (χ3n) is 3.94. The summed E-state index contributed by atoms with van der Waals surface area (Å²) in [4.78, 5) is 0. The normalized spacial score (nSPS) is 28.1. The SMILES string of the molecule is CC1=C(C)C(C)[C]([Ru])=C1C.Cl/C1=C/CC/C=C\CC1. The Balaban J connectivity index is 0.000000191. The smallest absolute Gasteiger partial charge is 0.0144 e. The zero-order valence-corrected chi connectivity index (χ0v) is 14.9. The average Bonchev–Trinajstić information content (AvgIpc) is 2.53. The molecule has 107 valence electrons. The summed E-state index contributed by atoms with van der Waals surface area (Å²) in [6, 6.07) is 0. The van der Waals surface area contributed by atoms with Crippen molar-refractivity contribution >= 4 is 11.6 Å². The van der Waals surface area contributed by atoms with Gasteiger partial charge in [0.05, 0.1) is 0 Å². The van der Waals surface area contributed by atoms with Gasteiger partial charge >= 0.3 is 72.8 Å². The summed E-state index contributed by atoms with van der Waals surface area (Å²) in [6.45, 7) is 8.90. The zero-order chi connectivity index (χ0) is 14.4.